The van der Waals surface area contributed by atoms with E-state index in [9.17, 15) is 8.42 Å². The fraction of sp³-hybridized carbons (Fsp3) is 0.276. The molecule has 1 fully saturated rings. The number of ether oxygens (including phenoxy) is 1. The van der Waals surface area contributed by atoms with Crippen molar-refractivity contribution in [3.63, 3.8) is 0 Å². The molecule has 0 aliphatic carbocycles. The van der Waals surface area contributed by atoms with Gasteiger partial charge in [-0.3, -0.25) is 0 Å². The highest BCUT2D eigenvalue weighted by Gasteiger charge is 2.23. The van der Waals surface area contributed by atoms with Crippen molar-refractivity contribution < 1.29 is 13.2 Å². The standard InChI is InChI=1S/C29H33N7O3S/c1-35-17-15-21(16-18-35)36(2)22-13-14-24(26(19-22)39-3)32-28-30-20-31-29(34-28)33-25-11-7-8-12-27(25)40(37,38)23-9-5-4-6-10-23/h4-14,19-21H,15-18H2,1-3H3,(H2,30,31,32,33,34). The molecular weight excluding hydrogens is 526 g/mol. The van der Waals surface area contributed by atoms with Crippen molar-refractivity contribution in [3.05, 3.63) is 79.1 Å². The summed E-state index contributed by atoms with van der Waals surface area (Å²) in [5.41, 5.74) is 2.14. The van der Waals surface area contributed by atoms with E-state index < -0.39 is 9.84 Å². The Hall–Kier alpha value is -4.22. The minimum atomic E-state index is -3.75. The first-order valence-electron chi connectivity index (χ1n) is 13.1. The predicted octanol–water partition coefficient (Wildman–Crippen LogP) is 4.73. The maximum absolute atomic E-state index is 13.3. The highest BCUT2D eigenvalue weighted by Crippen LogP contribution is 2.33. The molecule has 0 unspecified atom stereocenters. The first-order valence-corrected chi connectivity index (χ1v) is 14.5. The van der Waals surface area contributed by atoms with Gasteiger partial charge in [0.25, 0.3) is 0 Å². The Balaban J connectivity index is 1.35. The zero-order valence-electron chi connectivity index (χ0n) is 22.8. The van der Waals surface area contributed by atoms with Gasteiger partial charge >= 0.3 is 0 Å². The Labute approximate surface area is 235 Å². The van der Waals surface area contributed by atoms with Gasteiger partial charge < -0.3 is 25.2 Å². The van der Waals surface area contributed by atoms with Crippen LogP contribution in [0.1, 0.15) is 12.8 Å². The highest BCUT2D eigenvalue weighted by atomic mass is 32.2. The van der Waals surface area contributed by atoms with E-state index in [0.29, 0.717) is 23.2 Å². The number of piperidine rings is 1. The lowest BCUT2D eigenvalue weighted by Gasteiger charge is -2.36. The second-order valence-electron chi connectivity index (χ2n) is 9.73. The van der Waals surface area contributed by atoms with Crippen LogP contribution in [0.25, 0.3) is 0 Å². The molecule has 0 spiro atoms. The third kappa shape index (κ3) is 6.00. The number of nitrogens with one attached hydrogen (secondary N) is 2. The van der Waals surface area contributed by atoms with Gasteiger partial charge in [0.15, 0.2) is 0 Å². The first kappa shape index (κ1) is 27.4. The van der Waals surface area contributed by atoms with Gasteiger partial charge in [0.1, 0.15) is 12.1 Å². The molecular formula is C29H33N7O3S. The molecule has 40 heavy (non-hydrogen) atoms. The number of anilines is 5. The molecule has 0 saturated carbocycles. The van der Waals surface area contributed by atoms with Crippen molar-refractivity contribution in [2.45, 2.75) is 28.7 Å². The van der Waals surface area contributed by atoms with Gasteiger partial charge in [-0.25, -0.2) is 18.4 Å². The lowest BCUT2D eigenvalue weighted by atomic mass is 10.0. The molecule has 1 aliphatic rings. The normalized spacial score (nSPS) is 14.5. The predicted molar refractivity (Wildman–Crippen MR) is 157 cm³/mol. The van der Waals surface area contributed by atoms with Gasteiger partial charge in [-0.2, -0.15) is 4.98 Å². The van der Waals surface area contributed by atoms with Crippen LogP contribution in [-0.4, -0.2) is 68.6 Å². The summed E-state index contributed by atoms with van der Waals surface area (Å²) < 4.78 is 32.3. The summed E-state index contributed by atoms with van der Waals surface area (Å²) in [6.07, 6.45) is 3.60. The number of hydrogen-bond donors (Lipinski definition) is 2. The average Bonchev–Trinajstić information content (AvgIpc) is 2.98. The zero-order chi connectivity index (χ0) is 28.1. The van der Waals surface area contributed by atoms with Crippen molar-refractivity contribution in [1.29, 1.82) is 0 Å². The van der Waals surface area contributed by atoms with Crippen LogP contribution in [-0.2, 0) is 9.84 Å². The third-order valence-electron chi connectivity index (χ3n) is 7.12. The van der Waals surface area contributed by atoms with Gasteiger partial charge in [-0.05, 0) is 69.4 Å². The van der Waals surface area contributed by atoms with Crippen LogP contribution in [0.2, 0.25) is 0 Å². The molecule has 4 aromatic rings. The lowest BCUT2D eigenvalue weighted by Crippen LogP contribution is -2.41. The molecule has 3 aromatic carbocycles. The monoisotopic (exact) mass is 559 g/mol. The number of benzene rings is 3. The fourth-order valence-corrected chi connectivity index (χ4v) is 6.22. The summed E-state index contributed by atoms with van der Waals surface area (Å²) in [7, 11) is 2.16. The van der Waals surface area contributed by atoms with Crippen molar-refractivity contribution in [2.24, 2.45) is 0 Å². The summed E-state index contributed by atoms with van der Waals surface area (Å²) in [6, 6.07) is 21.4. The Kier molecular flexibility index (Phi) is 8.13. The lowest BCUT2D eigenvalue weighted by molar-refractivity contribution is 0.253. The molecule has 1 aromatic heterocycles. The summed E-state index contributed by atoms with van der Waals surface area (Å²) in [5.74, 6) is 1.15. The number of nitrogens with zero attached hydrogens (tertiary/aromatic N) is 5. The van der Waals surface area contributed by atoms with Crippen LogP contribution in [0, 0.1) is 0 Å². The molecule has 0 amide bonds. The molecule has 1 aliphatic heterocycles. The number of likely N-dealkylation sites (tertiary alicyclic amines) is 1. The molecule has 11 heteroatoms. The second-order valence-corrected chi connectivity index (χ2v) is 11.6. The molecule has 0 radical (unpaired) electrons. The number of sulfone groups is 1. The van der Waals surface area contributed by atoms with Crippen LogP contribution in [0.5, 0.6) is 5.75 Å². The van der Waals surface area contributed by atoms with E-state index >= 15 is 0 Å². The fourth-order valence-electron chi connectivity index (χ4n) is 4.78. The molecule has 2 N–H and O–H groups in total. The van der Waals surface area contributed by atoms with Gasteiger partial charge in [0.05, 0.1) is 28.3 Å². The molecule has 2 heterocycles. The minimum Gasteiger partial charge on any atom is -0.494 e. The summed E-state index contributed by atoms with van der Waals surface area (Å²) in [6.45, 7) is 2.17. The Morgan fingerprint density at radius 2 is 1.55 bits per heavy atom. The van der Waals surface area contributed by atoms with Crippen molar-refractivity contribution >= 4 is 38.8 Å². The number of para-hydroxylation sites is 1. The van der Waals surface area contributed by atoms with Crippen molar-refractivity contribution in [3.8, 4) is 5.75 Å². The van der Waals surface area contributed by atoms with Crippen LogP contribution < -0.4 is 20.3 Å². The zero-order valence-corrected chi connectivity index (χ0v) is 23.6. The van der Waals surface area contributed by atoms with E-state index in [1.54, 1.807) is 61.7 Å². The van der Waals surface area contributed by atoms with Gasteiger partial charge in [0.2, 0.25) is 21.7 Å². The maximum atomic E-state index is 13.3. The smallest absolute Gasteiger partial charge is 0.232 e. The Bertz CT molecular complexity index is 1560. The molecule has 1 saturated heterocycles. The SMILES string of the molecule is COc1cc(N(C)C2CCN(C)CC2)ccc1Nc1ncnc(Nc2ccccc2S(=O)(=O)c2ccccc2)n1. The van der Waals surface area contributed by atoms with E-state index in [0.717, 1.165) is 31.6 Å². The summed E-state index contributed by atoms with van der Waals surface area (Å²) in [4.78, 5) is 17.9. The van der Waals surface area contributed by atoms with E-state index in [1.165, 1.54) is 6.33 Å². The first-order chi connectivity index (χ1) is 19.3. The van der Waals surface area contributed by atoms with E-state index in [2.05, 4.69) is 49.5 Å². The van der Waals surface area contributed by atoms with Gasteiger partial charge in [0, 0.05) is 24.8 Å². The maximum Gasteiger partial charge on any atom is 0.232 e. The van der Waals surface area contributed by atoms with Crippen LogP contribution in [0.4, 0.5) is 29.0 Å². The number of rotatable bonds is 9. The van der Waals surface area contributed by atoms with Crippen molar-refractivity contribution in [2.75, 3.05) is 49.8 Å². The summed E-state index contributed by atoms with van der Waals surface area (Å²) >= 11 is 0. The highest BCUT2D eigenvalue weighted by molar-refractivity contribution is 7.91. The molecule has 10 nitrogen and oxygen atoms in total. The molecule has 0 bridgehead atoms. The van der Waals surface area contributed by atoms with Crippen LogP contribution in [0.3, 0.4) is 0 Å². The number of aromatic nitrogens is 3. The van der Waals surface area contributed by atoms with Crippen LogP contribution >= 0.6 is 0 Å². The van der Waals surface area contributed by atoms with Crippen LogP contribution in [0.15, 0.2) is 88.9 Å². The molecule has 5 rings (SSSR count). The topological polar surface area (TPSA) is 113 Å². The van der Waals surface area contributed by atoms with E-state index in [-0.39, 0.29) is 21.7 Å². The Morgan fingerprint density at radius 3 is 2.25 bits per heavy atom. The van der Waals surface area contributed by atoms with E-state index in [4.69, 9.17) is 4.74 Å². The quantitative estimate of drug-likeness (QED) is 0.298. The third-order valence-corrected chi connectivity index (χ3v) is 8.95. The largest absolute Gasteiger partial charge is 0.494 e. The van der Waals surface area contributed by atoms with Gasteiger partial charge in [-0.15, -0.1) is 0 Å². The molecule has 0 atom stereocenters. The number of methoxy groups -OCH3 is 1. The second kappa shape index (κ2) is 11.9. The van der Waals surface area contributed by atoms with Crippen molar-refractivity contribution in [1.82, 2.24) is 19.9 Å². The molecule has 208 valence electrons. The minimum absolute atomic E-state index is 0.127. The average molecular weight is 560 g/mol. The van der Waals surface area contributed by atoms with E-state index in [1.807, 2.05) is 18.2 Å². The summed E-state index contributed by atoms with van der Waals surface area (Å²) in [5, 5.41) is 6.25. The Morgan fingerprint density at radius 1 is 0.900 bits per heavy atom. The van der Waals surface area contributed by atoms with Gasteiger partial charge in [-0.1, -0.05) is 30.3 Å². The number of hydrogen-bond acceptors (Lipinski definition) is 10.